The summed E-state index contributed by atoms with van der Waals surface area (Å²) >= 11 is 0. The molecule has 0 unspecified atom stereocenters. The summed E-state index contributed by atoms with van der Waals surface area (Å²) in [5.74, 6) is -0.643. The van der Waals surface area contributed by atoms with Crippen LogP contribution in [-0.4, -0.2) is 26.4 Å². The topological polar surface area (TPSA) is 47.8 Å². The number of hydrogen-bond donors (Lipinski definition) is 0. The highest BCUT2D eigenvalue weighted by Crippen LogP contribution is 2.14. The van der Waals surface area contributed by atoms with Crippen molar-refractivity contribution >= 4 is 5.78 Å². The summed E-state index contributed by atoms with van der Waals surface area (Å²) in [6, 6.07) is 0. The number of aryl methyl sites for hydroxylation is 1. The molecule has 0 fully saturated rings. The number of halogens is 1. The summed E-state index contributed by atoms with van der Waals surface area (Å²) in [5, 5.41) is 7.04. The van der Waals surface area contributed by atoms with Gasteiger partial charge >= 0.3 is 0 Å². The molecule has 0 saturated carbocycles. The van der Waals surface area contributed by atoms with Crippen LogP contribution in [0.2, 0.25) is 0 Å². The molecule has 12 heavy (non-hydrogen) atoms. The molecule has 66 valence electrons. The van der Waals surface area contributed by atoms with Crippen molar-refractivity contribution in [1.29, 1.82) is 0 Å². The summed E-state index contributed by atoms with van der Waals surface area (Å²) in [4.78, 5) is 11.2. The Labute approximate surface area is 69.4 Å². The van der Waals surface area contributed by atoms with E-state index in [-0.39, 0.29) is 5.69 Å². The van der Waals surface area contributed by atoms with E-state index in [1.165, 1.54) is 24.7 Å². The predicted octanol–water partition coefficient (Wildman–Crippen LogP) is 0.746. The Bertz CT molecular complexity index is 300. The summed E-state index contributed by atoms with van der Waals surface area (Å²) in [6.07, 6.45) is 1.39. The van der Waals surface area contributed by atoms with Gasteiger partial charge in [-0.3, -0.25) is 9.48 Å². The fourth-order valence-electron chi connectivity index (χ4n) is 0.756. The van der Waals surface area contributed by atoms with Gasteiger partial charge in [-0.1, -0.05) is 5.21 Å². The van der Waals surface area contributed by atoms with Crippen molar-refractivity contribution < 1.29 is 9.18 Å². The molecule has 0 radical (unpaired) electrons. The van der Waals surface area contributed by atoms with Crippen LogP contribution in [-0.2, 0) is 7.05 Å². The van der Waals surface area contributed by atoms with Crippen LogP contribution in [0.25, 0.3) is 0 Å². The van der Waals surface area contributed by atoms with Crippen molar-refractivity contribution in [3.05, 3.63) is 11.9 Å². The van der Waals surface area contributed by atoms with Crippen molar-refractivity contribution in [1.82, 2.24) is 15.0 Å². The van der Waals surface area contributed by atoms with Crippen LogP contribution in [0, 0.1) is 0 Å². The van der Waals surface area contributed by atoms with Crippen LogP contribution in [0.3, 0.4) is 0 Å². The fourth-order valence-corrected chi connectivity index (χ4v) is 0.756. The monoisotopic (exact) mass is 171 g/mol. The molecular weight excluding hydrogens is 161 g/mol. The van der Waals surface area contributed by atoms with Gasteiger partial charge in [0.05, 0.1) is 6.20 Å². The molecule has 0 atom stereocenters. The van der Waals surface area contributed by atoms with E-state index in [0.717, 1.165) is 0 Å². The molecule has 0 saturated heterocycles. The SMILES string of the molecule is Cn1cc(C(=O)C(C)(C)F)nn1. The van der Waals surface area contributed by atoms with E-state index >= 15 is 0 Å². The molecule has 1 aromatic rings. The molecule has 1 aromatic heterocycles. The van der Waals surface area contributed by atoms with Gasteiger partial charge in [-0.25, -0.2) is 4.39 Å². The Kier molecular flexibility index (Phi) is 1.95. The first kappa shape index (κ1) is 8.83. The van der Waals surface area contributed by atoms with E-state index in [0.29, 0.717) is 0 Å². The fraction of sp³-hybridized carbons (Fsp3) is 0.571. The van der Waals surface area contributed by atoms with Crippen LogP contribution in [0.1, 0.15) is 24.3 Å². The van der Waals surface area contributed by atoms with Gasteiger partial charge in [0.1, 0.15) is 0 Å². The normalized spacial score (nSPS) is 11.7. The van der Waals surface area contributed by atoms with Gasteiger partial charge in [0, 0.05) is 7.05 Å². The molecule has 0 aliphatic heterocycles. The van der Waals surface area contributed by atoms with Gasteiger partial charge in [-0.05, 0) is 13.8 Å². The Balaban J connectivity index is 2.93. The maximum Gasteiger partial charge on any atom is 0.221 e. The average molecular weight is 171 g/mol. The van der Waals surface area contributed by atoms with Crippen LogP contribution in [0.15, 0.2) is 6.20 Å². The molecule has 0 N–H and O–H groups in total. The Morgan fingerprint density at radius 2 is 2.25 bits per heavy atom. The van der Waals surface area contributed by atoms with Gasteiger partial charge in [0.25, 0.3) is 0 Å². The molecule has 5 heteroatoms. The van der Waals surface area contributed by atoms with E-state index in [9.17, 15) is 9.18 Å². The molecule has 0 amide bonds. The third-order valence-electron chi connectivity index (χ3n) is 1.38. The van der Waals surface area contributed by atoms with E-state index < -0.39 is 11.5 Å². The molecule has 1 heterocycles. The summed E-state index contributed by atoms with van der Waals surface area (Å²) in [7, 11) is 1.62. The lowest BCUT2D eigenvalue weighted by atomic mass is 10.0. The smallest absolute Gasteiger partial charge is 0.221 e. The maximum absolute atomic E-state index is 13.1. The van der Waals surface area contributed by atoms with Gasteiger partial charge in [0.2, 0.25) is 5.78 Å². The van der Waals surface area contributed by atoms with Crippen molar-refractivity contribution in [2.24, 2.45) is 7.05 Å². The highest BCUT2D eigenvalue weighted by molar-refractivity contribution is 5.99. The molecule has 0 spiro atoms. The van der Waals surface area contributed by atoms with Crippen molar-refractivity contribution in [2.45, 2.75) is 19.5 Å². The first-order chi connectivity index (χ1) is 5.41. The molecule has 0 aromatic carbocycles. The highest BCUT2D eigenvalue weighted by Gasteiger charge is 2.29. The lowest BCUT2D eigenvalue weighted by Gasteiger charge is -2.08. The minimum Gasteiger partial charge on any atom is -0.289 e. The maximum atomic E-state index is 13.1. The second-order valence-corrected chi connectivity index (χ2v) is 3.08. The van der Waals surface area contributed by atoms with Gasteiger partial charge in [0.15, 0.2) is 11.4 Å². The Hall–Kier alpha value is -1.26. The van der Waals surface area contributed by atoms with Gasteiger partial charge in [-0.15, -0.1) is 5.10 Å². The predicted molar refractivity (Wildman–Crippen MR) is 40.5 cm³/mol. The van der Waals surface area contributed by atoms with E-state index in [1.807, 2.05) is 0 Å². The molecule has 1 rings (SSSR count). The lowest BCUT2D eigenvalue weighted by molar-refractivity contribution is 0.0754. The number of aromatic nitrogens is 3. The summed E-state index contributed by atoms with van der Waals surface area (Å²) in [6.45, 7) is 2.40. The minimum absolute atomic E-state index is 0.0602. The Morgan fingerprint density at radius 1 is 1.67 bits per heavy atom. The minimum atomic E-state index is -1.88. The Morgan fingerprint density at radius 3 is 2.58 bits per heavy atom. The number of nitrogens with zero attached hydrogens (tertiary/aromatic N) is 3. The molecule has 0 bridgehead atoms. The third kappa shape index (κ3) is 1.66. The van der Waals surface area contributed by atoms with E-state index in [2.05, 4.69) is 10.3 Å². The number of carbonyl (C=O) groups is 1. The number of carbonyl (C=O) groups excluding carboxylic acids is 1. The van der Waals surface area contributed by atoms with Crippen LogP contribution < -0.4 is 0 Å². The first-order valence-electron chi connectivity index (χ1n) is 3.51. The van der Waals surface area contributed by atoms with E-state index in [4.69, 9.17) is 0 Å². The quantitative estimate of drug-likeness (QED) is 0.617. The number of hydrogen-bond acceptors (Lipinski definition) is 3. The van der Waals surface area contributed by atoms with Crippen LogP contribution in [0.4, 0.5) is 4.39 Å². The number of alkyl halides is 1. The van der Waals surface area contributed by atoms with Crippen LogP contribution >= 0.6 is 0 Å². The summed E-state index contributed by atoms with van der Waals surface area (Å²) < 4.78 is 14.4. The molecular formula is C7H10FN3O. The van der Waals surface area contributed by atoms with E-state index in [1.54, 1.807) is 7.05 Å². The van der Waals surface area contributed by atoms with Gasteiger partial charge < -0.3 is 0 Å². The highest BCUT2D eigenvalue weighted by atomic mass is 19.1. The van der Waals surface area contributed by atoms with Crippen molar-refractivity contribution in [3.8, 4) is 0 Å². The first-order valence-corrected chi connectivity index (χ1v) is 3.51. The number of Topliss-reactive ketones (excluding diaryl/α,β-unsaturated/α-hetero) is 1. The zero-order valence-electron chi connectivity index (χ0n) is 7.21. The van der Waals surface area contributed by atoms with Crippen molar-refractivity contribution in [3.63, 3.8) is 0 Å². The lowest BCUT2D eigenvalue weighted by Crippen LogP contribution is -2.26. The average Bonchev–Trinajstić information content (AvgIpc) is 2.32. The zero-order valence-corrected chi connectivity index (χ0v) is 7.21. The van der Waals surface area contributed by atoms with Crippen molar-refractivity contribution in [2.75, 3.05) is 0 Å². The second kappa shape index (κ2) is 2.66. The number of rotatable bonds is 2. The molecule has 4 nitrogen and oxygen atoms in total. The van der Waals surface area contributed by atoms with Crippen LogP contribution in [0.5, 0.6) is 0 Å². The molecule has 0 aliphatic carbocycles. The standard InChI is InChI=1S/C7H10FN3O/c1-7(2,8)6(12)5-4-11(3)10-9-5/h4H,1-3H3. The van der Waals surface area contributed by atoms with Gasteiger partial charge in [-0.2, -0.15) is 0 Å². The number of ketones is 1. The summed E-state index contributed by atoms with van der Waals surface area (Å²) in [5.41, 5.74) is -1.82. The zero-order chi connectivity index (χ0) is 9.35. The molecule has 0 aliphatic rings. The third-order valence-corrected chi connectivity index (χ3v) is 1.38. The second-order valence-electron chi connectivity index (χ2n) is 3.08. The largest absolute Gasteiger partial charge is 0.289 e.